The molecule has 0 aromatic heterocycles. The minimum atomic E-state index is -0.690. The Hall–Kier alpha value is 0.630. The van der Waals surface area contributed by atoms with Gasteiger partial charge in [-0.25, -0.2) is 4.39 Å². The maximum absolute atomic E-state index is 12.7. The third-order valence-electron chi connectivity index (χ3n) is 1.28. The van der Waals surface area contributed by atoms with E-state index in [0.717, 1.165) is 6.42 Å². The van der Waals surface area contributed by atoms with E-state index >= 15 is 0 Å². The first kappa shape index (κ1) is 9.63. The van der Waals surface area contributed by atoms with Gasteiger partial charge < -0.3 is 0 Å². The predicted molar refractivity (Wildman–Crippen MR) is 45.5 cm³/mol. The maximum Gasteiger partial charge on any atom is 0.158 e. The standard InChI is InChI=1S/C6H13FS2/c1-4-5(2)6(7)9-8-3/h5-6H,4H2,1-3H3. The maximum atomic E-state index is 12.7. The largest absolute Gasteiger partial charge is 0.234 e. The highest BCUT2D eigenvalue weighted by molar-refractivity contribution is 8.76. The Morgan fingerprint density at radius 1 is 1.56 bits per heavy atom. The van der Waals surface area contributed by atoms with Crippen LogP contribution < -0.4 is 0 Å². The summed E-state index contributed by atoms with van der Waals surface area (Å²) < 4.78 is 12.7. The van der Waals surface area contributed by atoms with Gasteiger partial charge in [0.2, 0.25) is 0 Å². The summed E-state index contributed by atoms with van der Waals surface area (Å²) in [7, 11) is 2.81. The molecule has 0 aromatic rings. The van der Waals surface area contributed by atoms with Crippen LogP contribution in [0, 0.1) is 5.92 Å². The van der Waals surface area contributed by atoms with Crippen molar-refractivity contribution in [2.24, 2.45) is 5.92 Å². The van der Waals surface area contributed by atoms with Crippen LogP contribution in [0.5, 0.6) is 0 Å². The highest BCUT2D eigenvalue weighted by Gasteiger charge is 2.13. The molecule has 0 aliphatic carbocycles. The van der Waals surface area contributed by atoms with E-state index in [4.69, 9.17) is 0 Å². The molecule has 0 saturated heterocycles. The average molecular weight is 168 g/mol. The molecule has 0 amide bonds. The first-order valence-electron chi connectivity index (χ1n) is 3.05. The van der Waals surface area contributed by atoms with E-state index in [-0.39, 0.29) is 5.92 Å². The van der Waals surface area contributed by atoms with E-state index in [0.29, 0.717) is 0 Å². The Balaban J connectivity index is 3.32. The molecule has 0 N–H and O–H groups in total. The molecule has 0 bridgehead atoms. The molecular weight excluding hydrogens is 155 g/mol. The van der Waals surface area contributed by atoms with Crippen molar-refractivity contribution in [2.45, 2.75) is 25.8 Å². The van der Waals surface area contributed by atoms with Crippen molar-refractivity contribution < 1.29 is 4.39 Å². The van der Waals surface area contributed by atoms with Crippen molar-refractivity contribution in [2.75, 3.05) is 6.26 Å². The lowest BCUT2D eigenvalue weighted by atomic mass is 10.1. The first-order valence-corrected chi connectivity index (χ1v) is 5.68. The van der Waals surface area contributed by atoms with Gasteiger partial charge in [-0.15, -0.1) is 0 Å². The van der Waals surface area contributed by atoms with E-state index < -0.39 is 5.50 Å². The molecule has 0 heterocycles. The van der Waals surface area contributed by atoms with Gasteiger partial charge in [-0.05, 0) is 18.6 Å². The molecule has 0 aliphatic rings. The van der Waals surface area contributed by atoms with Gasteiger partial charge in [0.1, 0.15) is 0 Å². The molecule has 0 nitrogen and oxygen atoms in total. The summed E-state index contributed by atoms with van der Waals surface area (Å²) in [5, 5.41) is 0. The van der Waals surface area contributed by atoms with Crippen molar-refractivity contribution >= 4 is 21.6 Å². The van der Waals surface area contributed by atoms with Crippen LogP contribution in [0.3, 0.4) is 0 Å². The van der Waals surface area contributed by atoms with Crippen molar-refractivity contribution in [3.63, 3.8) is 0 Å². The lowest BCUT2D eigenvalue weighted by Crippen LogP contribution is -2.05. The van der Waals surface area contributed by atoms with Gasteiger partial charge in [0.05, 0.1) is 0 Å². The van der Waals surface area contributed by atoms with Crippen molar-refractivity contribution in [1.29, 1.82) is 0 Å². The minimum absolute atomic E-state index is 0.197. The topological polar surface area (TPSA) is 0 Å². The van der Waals surface area contributed by atoms with E-state index in [1.54, 1.807) is 0 Å². The second-order valence-electron chi connectivity index (χ2n) is 2.00. The molecule has 0 rings (SSSR count). The normalized spacial score (nSPS) is 17.3. The van der Waals surface area contributed by atoms with Gasteiger partial charge in [0.15, 0.2) is 5.50 Å². The molecule has 2 unspecified atom stereocenters. The molecule has 0 spiro atoms. The van der Waals surface area contributed by atoms with Crippen LogP contribution in [0.2, 0.25) is 0 Å². The highest BCUT2D eigenvalue weighted by atomic mass is 33.1. The van der Waals surface area contributed by atoms with Crippen molar-refractivity contribution in [1.82, 2.24) is 0 Å². The summed E-state index contributed by atoms with van der Waals surface area (Å²) in [5.74, 6) is 0.197. The second-order valence-corrected chi connectivity index (χ2v) is 4.55. The zero-order chi connectivity index (χ0) is 7.28. The Morgan fingerprint density at radius 2 is 2.11 bits per heavy atom. The number of rotatable bonds is 4. The Bertz CT molecular complexity index is 68.1. The summed E-state index contributed by atoms with van der Waals surface area (Å²) in [6.45, 7) is 3.95. The lowest BCUT2D eigenvalue weighted by molar-refractivity contribution is 0.338. The van der Waals surface area contributed by atoms with Crippen molar-refractivity contribution in [3.8, 4) is 0 Å². The summed E-state index contributed by atoms with van der Waals surface area (Å²) in [5.41, 5.74) is -0.690. The highest BCUT2D eigenvalue weighted by Crippen LogP contribution is 2.30. The molecule has 9 heavy (non-hydrogen) atoms. The monoisotopic (exact) mass is 168 g/mol. The SMILES string of the molecule is CCC(C)C(F)SSC. The van der Waals surface area contributed by atoms with Gasteiger partial charge >= 0.3 is 0 Å². The smallest absolute Gasteiger partial charge is 0.158 e. The zero-order valence-electron chi connectivity index (χ0n) is 6.06. The fraction of sp³-hybridized carbons (Fsp3) is 1.00. The molecule has 0 fully saturated rings. The van der Waals surface area contributed by atoms with Crippen molar-refractivity contribution in [3.05, 3.63) is 0 Å². The number of hydrogen-bond acceptors (Lipinski definition) is 2. The van der Waals surface area contributed by atoms with Gasteiger partial charge in [-0.1, -0.05) is 35.4 Å². The molecule has 2 atom stereocenters. The summed E-state index contributed by atoms with van der Waals surface area (Å²) in [4.78, 5) is 0. The summed E-state index contributed by atoms with van der Waals surface area (Å²) in [6, 6.07) is 0. The molecule has 0 aliphatic heterocycles. The minimum Gasteiger partial charge on any atom is -0.234 e. The van der Waals surface area contributed by atoms with E-state index in [1.165, 1.54) is 21.6 Å². The number of alkyl halides is 1. The summed E-state index contributed by atoms with van der Waals surface area (Å²) >= 11 is 0. The van der Waals surface area contributed by atoms with Crippen LogP contribution in [0.25, 0.3) is 0 Å². The average Bonchev–Trinajstić information content (AvgIpc) is 1.87. The predicted octanol–water partition coefficient (Wildman–Crippen LogP) is 3.34. The van der Waals surface area contributed by atoms with E-state index in [9.17, 15) is 4.39 Å². The molecule has 56 valence electrons. The Labute approximate surface area is 64.4 Å². The molecule has 0 aromatic carbocycles. The van der Waals surface area contributed by atoms with Crippen LogP contribution in [-0.2, 0) is 0 Å². The van der Waals surface area contributed by atoms with Crippen LogP contribution in [0.4, 0.5) is 4.39 Å². The Kier molecular flexibility index (Phi) is 5.80. The van der Waals surface area contributed by atoms with E-state index in [2.05, 4.69) is 0 Å². The van der Waals surface area contributed by atoms with E-state index in [1.807, 2.05) is 20.1 Å². The van der Waals surface area contributed by atoms with Gasteiger partial charge in [0.25, 0.3) is 0 Å². The fourth-order valence-corrected chi connectivity index (χ4v) is 2.06. The Morgan fingerprint density at radius 3 is 2.44 bits per heavy atom. The molecule has 3 heteroatoms. The third kappa shape index (κ3) is 4.09. The fourth-order valence-electron chi connectivity index (χ4n) is 0.372. The van der Waals surface area contributed by atoms with Gasteiger partial charge in [-0.2, -0.15) is 0 Å². The number of halogens is 1. The van der Waals surface area contributed by atoms with Crippen LogP contribution in [-0.4, -0.2) is 11.8 Å². The quantitative estimate of drug-likeness (QED) is 0.590. The van der Waals surface area contributed by atoms with Crippen LogP contribution in [0.15, 0.2) is 0 Å². The van der Waals surface area contributed by atoms with Crippen LogP contribution in [0.1, 0.15) is 20.3 Å². The van der Waals surface area contributed by atoms with Gasteiger partial charge in [0, 0.05) is 0 Å². The first-order chi connectivity index (χ1) is 4.22. The second kappa shape index (κ2) is 5.42. The number of hydrogen-bond donors (Lipinski definition) is 0. The van der Waals surface area contributed by atoms with Gasteiger partial charge in [-0.3, -0.25) is 0 Å². The van der Waals surface area contributed by atoms with Crippen LogP contribution >= 0.6 is 21.6 Å². The third-order valence-corrected chi connectivity index (χ3v) is 3.25. The zero-order valence-corrected chi connectivity index (χ0v) is 7.69. The molecule has 0 radical (unpaired) electrons. The molecular formula is C6H13FS2. The summed E-state index contributed by atoms with van der Waals surface area (Å²) in [6.07, 6.45) is 2.83. The molecule has 0 saturated carbocycles. The lowest BCUT2D eigenvalue weighted by Gasteiger charge is -2.11.